The summed E-state index contributed by atoms with van der Waals surface area (Å²) in [6.07, 6.45) is 12.1. The van der Waals surface area contributed by atoms with Crippen LogP contribution < -0.4 is 5.32 Å². The van der Waals surface area contributed by atoms with E-state index in [-0.39, 0.29) is 24.4 Å². The van der Waals surface area contributed by atoms with Gasteiger partial charge in [-0.05, 0) is 42.9 Å². The summed E-state index contributed by atoms with van der Waals surface area (Å²) in [5.74, 6) is 0.429. The Balaban J connectivity index is 1.45. The van der Waals surface area contributed by atoms with Crippen molar-refractivity contribution >= 4 is 39.6 Å². The molecular formula is C24H41NO6S2. The first-order valence-corrected chi connectivity index (χ1v) is 14.8. The van der Waals surface area contributed by atoms with Crippen LogP contribution in [0.2, 0.25) is 0 Å². The van der Waals surface area contributed by atoms with Gasteiger partial charge in [0.15, 0.2) is 0 Å². The normalized spacial score (nSPS) is 19.4. The van der Waals surface area contributed by atoms with Gasteiger partial charge in [0.2, 0.25) is 0 Å². The summed E-state index contributed by atoms with van der Waals surface area (Å²) in [4.78, 5) is 35.1. The molecule has 9 heteroatoms. The molecule has 0 saturated heterocycles. The standard InChI is InChI=1S/C24H41NO6S2/c1-23(9-4-2-5-10-23)13-8-21(28)30-14-16-32-33-17-15-31-22(29)25-19-24(18-20(26)27)11-6-3-7-12-24/h2-19H2,1H3,(H,25,29)(H,26,27). The number of carbonyl (C=O) groups excluding carboxylic acids is 2. The van der Waals surface area contributed by atoms with Crippen molar-refractivity contribution in [2.75, 3.05) is 31.3 Å². The molecule has 1 amide bonds. The molecule has 0 heterocycles. The number of rotatable bonds is 14. The SMILES string of the molecule is CC1(CCC(=O)OCCSSCCOC(=O)NCC2(CC(=O)O)CCCCC2)CCCCC1. The van der Waals surface area contributed by atoms with Crippen LogP contribution in [0.3, 0.4) is 0 Å². The zero-order valence-electron chi connectivity index (χ0n) is 20.0. The largest absolute Gasteiger partial charge is 0.481 e. The van der Waals surface area contributed by atoms with Gasteiger partial charge in [-0.2, -0.15) is 0 Å². The molecule has 0 spiro atoms. The Hall–Kier alpha value is -1.09. The third kappa shape index (κ3) is 11.7. The monoisotopic (exact) mass is 503 g/mol. The van der Waals surface area contributed by atoms with Gasteiger partial charge >= 0.3 is 18.0 Å². The lowest BCUT2D eigenvalue weighted by atomic mass is 9.72. The van der Waals surface area contributed by atoms with Gasteiger partial charge in [-0.3, -0.25) is 9.59 Å². The van der Waals surface area contributed by atoms with Crippen LogP contribution in [0.25, 0.3) is 0 Å². The molecule has 33 heavy (non-hydrogen) atoms. The van der Waals surface area contributed by atoms with E-state index in [0.29, 0.717) is 36.5 Å². The van der Waals surface area contributed by atoms with Gasteiger partial charge in [0.1, 0.15) is 13.2 Å². The molecule has 0 bridgehead atoms. The highest BCUT2D eigenvalue weighted by molar-refractivity contribution is 8.76. The predicted octanol–water partition coefficient (Wildman–Crippen LogP) is 5.81. The number of amides is 1. The number of hydrogen-bond acceptors (Lipinski definition) is 7. The maximum atomic E-state index is 12.0. The number of alkyl carbamates (subject to hydrolysis) is 1. The van der Waals surface area contributed by atoms with Crippen LogP contribution in [-0.4, -0.2) is 54.4 Å². The molecule has 0 aromatic carbocycles. The van der Waals surface area contributed by atoms with Gasteiger partial charge in [0.25, 0.3) is 0 Å². The highest BCUT2D eigenvalue weighted by Gasteiger charge is 2.35. The minimum Gasteiger partial charge on any atom is -0.481 e. The lowest BCUT2D eigenvalue weighted by molar-refractivity contribution is -0.144. The molecule has 190 valence electrons. The van der Waals surface area contributed by atoms with Crippen molar-refractivity contribution in [2.24, 2.45) is 10.8 Å². The van der Waals surface area contributed by atoms with Crippen molar-refractivity contribution in [1.29, 1.82) is 0 Å². The number of carboxylic acids is 1. The molecule has 2 N–H and O–H groups in total. The van der Waals surface area contributed by atoms with Crippen molar-refractivity contribution in [3.8, 4) is 0 Å². The maximum absolute atomic E-state index is 12.0. The average Bonchev–Trinajstić information content (AvgIpc) is 2.79. The number of carboxylic acid groups (broad SMARTS) is 1. The minimum absolute atomic E-state index is 0.0870. The molecule has 2 saturated carbocycles. The summed E-state index contributed by atoms with van der Waals surface area (Å²) in [7, 11) is 3.18. The molecule has 2 aliphatic carbocycles. The van der Waals surface area contributed by atoms with E-state index in [4.69, 9.17) is 9.47 Å². The van der Waals surface area contributed by atoms with Crippen LogP contribution in [0.15, 0.2) is 0 Å². The van der Waals surface area contributed by atoms with Crippen molar-refractivity contribution in [3.05, 3.63) is 0 Å². The molecule has 0 aromatic rings. The average molecular weight is 504 g/mol. The third-order valence-electron chi connectivity index (χ3n) is 6.95. The van der Waals surface area contributed by atoms with Crippen LogP contribution in [-0.2, 0) is 19.1 Å². The van der Waals surface area contributed by atoms with Gasteiger partial charge in [-0.15, -0.1) is 0 Å². The second-order valence-corrected chi connectivity index (χ2v) is 12.6. The molecule has 0 atom stereocenters. The van der Waals surface area contributed by atoms with Crippen molar-refractivity contribution in [2.45, 2.75) is 90.4 Å². The van der Waals surface area contributed by atoms with Gasteiger partial charge in [0, 0.05) is 24.5 Å². The van der Waals surface area contributed by atoms with E-state index >= 15 is 0 Å². The van der Waals surface area contributed by atoms with Crippen LogP contribution in [0.5, 0.6) is 0 Å². The molecule has 2 fully saturated rings. The van der Waals surface area contributed by atoms with Crippen LogP contribution in [0.1, 0.15) is 90.4 Å². The van der Waals surface area contributed by atoms with E-state index in [2.05, 4.69) is 12.2 Å². The summed E-state index contributed by atoms with van der Waals surface area (Å²) in [6, 6.07) is 0. The molecule has 0 unspecified atom stereocenters. The Bertz CT molecular complexity index is 618. The van der Waals surface area contributed by atoms with Gasteiger partial charge in [-0.25, -0.2) is 4.79 Å². The van der Waals surface area contributed by atoms with E-state index in [1.807, 2.05) is 0 Å². The maximum Gasteiger partial charge on any atom is 0.407 e. The lowest BCUT2D eigenvalue weighted by Crippen LogP contribution is -2.40. The Labute approximate surface area is 206 Å². The molecule has 2 rings (SSSR count). The molecular weight excluding hydrogens is 462 g/mol. The van der Waals surface area contributed by atoms with Crippen LogP contribution in [0, 0.1) is 10.8 Å². The summed E-state index contributed by atoms with van der Waals surface area (Å²) in [5, 5.41) is 12.0. The fourth-order valence-corrected chi connectivity index (χ4v) is 6.61. The zero-order chi connectivity index (χ0) is 24.0. The Morgan fingerprint density at radius 2 is 1.45 bits per heavy atom. The summed E-state index contributed by atoms with van der Waals surface area (Å²) in [6.45, 7) is 3.33. The Kier molecular flexibility index (Phi) is 12.8. The first-order chi connectivity index (χ1) is 15.8. The smallest absolute Gasteiger partial charge is 0.407 e. The summed E-state index contributed by atoms with van der Waals surface area (Å²) < 4.78 is 10.5. The number of carbonyl (C=O) groups is 3. The fraction of sp³-hybridized carbons (Fsp3) is 0.875. The lowest BCUT2D eigenvalue weighted by Gasteiger charge is -2.36. The number of hydrogen-bond donors (Lipinski definition) is 2. The summed E-state index contributed by atoms with van der Waals surface area (Å²) in [5.41, 5.74) is -0.0410. The van der Waals surface area contributed by atoms with E-state index in [9.17, 15) is 19.5 Å². The van der Waals surface area contributed by atoms with Crippen molar-refractivity contribution in [3.63, 3.8) is 0 Å². The number of nitrogens with one attached hydrogen (secondary N) is 1. The second-order valence-electron chi connectivity index (χ2n) is 9.86. The highest BCUT2D eigenvalue weighted by Crippen LogP contribution is 2.40. The van der Waals surface area contributed by atoms with E-state index in [0.717, 1.165) is 38.5 Å². The van der Waals surface area contributed by atoms with Crippen LogP contribution in [0.4, 0.5) is 4.79 Å². The molecule has 0 aromatic heterocycles. The topological polar surface area (TPSA) is 102 Å². The van der Waals surface area contributed by atoms with Crippen molar-refractivity contribution in [1.82, 2.24) is 5.32 Å². The van der Waals surface area contributed by atoms with E-state index < -0.39 is 12.1 Å². The fourth-order valence-electron chi connectivity index (χ4n) is 4.96. The minimum atomic E-state index is -0.815. The number of ether oxygens (including phenoxy) is 2. The van der Waals surface area contributed by atoms with Crippen molar-refractivity contribution < 1.29 is 29.0 Å². The quantitative estimate of drug-likeness (QED) is 0.174. The number of aliphatic carboxylic acids is 1. The van der Waals surface area contributed by atoms with E-state index in [1.165, 1.54) is 32.1 Å². The molecule has 2 aliphatic rings. The first-order valence-electron chi connectivity index (χ1n) is 12.4. The predicted molar refractivity (Wildman–Crippen MR) is 133 cm³/mol. The third-order valence-corrected chi connectivity index (χ3v) is 9.29. The zero-order valence-corrected chi connectivity index (χ0v) is 21.7. The molecule has 7 nitrogen and oxygen atoms in total. The van der Waals surface area contributed by atoms with E-state index in [1.54, 1.807) is 21.6 Å². The van der Waals surface area contributed by atoms with Crippen LogP contribution >= 0.6 is 21.6 Å². The molecule has 0 aliphatic heterocycles. The highest BCUT2D eigenvalue weighted by atomic mass is 33.1. The number of esters is 1. The molecule has 0 radical (unpaired) electrons. The Morgan fingerprint density at radius 1 is 0.879 bits per heavy atom. The Morgan fingerprint density at radius 3 is 2.06 bits per heavy atom. The van der Waals surface area contributed by atoms with Gasteiger partial charge in [0.05, 0.1) is 6.42 Å². The van der Waals surface area contributed by atoms with Gasteiger partial charge in [-0.1, -0.05) is 67.0 Å². The van der Waals surface area contributed by atoms with Gasteiger partial charge < -0.3 is 19.9 Å². The second kappa shape index (κ2) is 15.0. The summed E-state index contributed by atoms with van der Waals surface area (Å²) >= 11 is 0. The first kappa shape index (κ1) is 28.1.